The van der Waals surface area contributed by atoms with Gasteiger partial charge in [-0.15, -0.1) is 0 Å². The van der Waals surface area contributed by atoms with E-state index in [0.29, 0.717) is 6.42 Å². The fourth-order valence-corrected chi connectivity index (χ4v) is 4.08. The van der Waals surface area contributed by atoms with Crippen LogP contribution in [0.2, 0.25) is 5.02 Å². The minimum atomic E-state index is -0.845. The maximum atomic E-state index is 14.3. The fraction of sp³-hybridized carbons (Fsp3) is 0.450. The number of benzene rings is 1. The molecule has 0 saturated heterocycles. The highest BCUT2D eigenvalue weighted by Gasteiger charge is 2.31. The fourth-order valence-electron chi connectivity index (χ4n) is 3.83. The lowest BCUT2D eigenvalue weighted by atomic mass is 9.81. The van der Waals surface area contributed by atoms with Crippen LogP contribution in [0.5, 0.6) is 0 Å². The number of halogens is 2. The number of carbonyl (C=O) groups excluding carboxylic acids is 1. The van der Waals surface area contributed by atoms with Gasteiger partial charge in [-0.25, -0.2) is 4.39 Å². The Morgan fingerprint density at radius 2 is 2.11 bits per heavy atom. The van der Waals surface area contributed by atoms with Crippen molar-refractivity contribution in [1.82, 2.24) is 10.5 Å². The molecular formula is C20H22ClFN2O4. The number of hydrogen-bond acceptors (Lipinski definition) is 4. The van der Waals surface area contributed by atoms with Gasteiger partial charge in [0.05, 0.1) is 10.6 Å². The molecule has 2 aromatic rings. The van der Waals surface area contributed by atoms with Crippen LogP contribution in [0.25, 0.3) is 11.3 Å². The molecule has 1 aromatic carbocycles. The molecule has 1 aliphatic rings. The monoisotopic (exact) mass is 408 g/mol. The van der Waals surface area contributed by atoms with Gasteiger partial charge in [-0.3, -0.25) is 9.59 Å². The predicted octanol–water partition coefficient (Wildman–Crippen LogP) is 4.60. The Labute approximate surface area is 167 Å². The molecule has 0 bridgehead atoms. The molecule has 150 valence electrons. The molecule has 2 N–H and O–H groups in total. The summed E-state index contributed by atoms with van der Waals surface area (Å²) in [7, 11) is 0. The van der Waals surface area contributed by atoms with Crippen LogP contribution in [0.4, 0.5) is 4.39 Å². The molecule has 2 unspecified atom stereocenters. The molecule has 0 spiro atoms. The Balaban J connectivity index is 1.85. The van der Waals surface area contributed by atoms with Gasteiger partial charge in [0.25, 0.3) is 5.91 Å². The molecule has 8 heteroatoms. The zero-order chi connectivity index (χ0) is 20.3. The van der Waals surface area contributed by atoms with E-state index in [1.165, 1.54) is 18.2 Å². The smallest absolute Gasteiger partial charge is 0.303 e. The van der Waals surface area contributed by atoms with Gasteiger partial charge in [0.15, 0.2) is 0 Å². The van der Waals surface area contributed by atoms with Crippen molar-refractivity contribution >= 4 is 23.5 Å². The zero-order valence-corrected chi connectivity index (χ0v) is 16.3. The van der Waals surface area contributed by atoms with E-state index in [1.54, 1.807) is 6.92 Å². The summed E-state index contributed by atoms with van der Waals surface area (Å²) < 4.78 is 19.5. The summed E-state index contributed by atoms with van der Waals surface area (Å²) in [5.41, 5.74) is 0.239. The van der Waals surface area contributed by atoms with Gasteiger partial charge in [0, 0.05) is 12.5 Å². The molecular weight excluding hydrogens is 387 g/mol. The van der Waals surface area contributed by atoms with Crippen LogP contribution in [0.15, 0.2) is 22.7 Å². The summed E-state index contributed by atoms with van der Waals surface area (Å²) in [5, 5.41) is 15.9. The molecule has 0 radical (unpaired) electrons. The van der Waals surface area contributed by atoms with Crippen molar-refractivity contribution in [3.8, 4) is 11.3 Å². The van der Waals surface area contributed by atoms with Crippen LogP contribution in [-0.4, -0.2) is 28.2 Å². The predicted molar refractivity (Wildman–Crippen MR) is 102 cm³/mol. The van der Waals surface area contributed by atoms with Crippen molar-refractivity contribution in [2.75, 3.05) is 0 Å². The van der Waals surface area contributed by atoms with Gasteiger partial charge in [-0.2, -0.15) is 0 Å². The lowest BCUT2D eigenvalue weighted by Crippen LogP contribution is -2.42. The van der Waals surface area contributed by atoms with Gasteiger partial charge in [0.2, 0.25) is 0 Å². The Morgan fingerprint density at radius 3 is 2.82 bits per heavy atom. The molecule has 1 aliphatic carbocycles. The third-order valence-corrected chi connectivity index (χ3v) is 5.56. The number of aliphatic carboxylic acids is 1. The number of aryl methyl sites for hydroxylation is 1. The first-order valence-electron chi connectivity index (χ1n) is 9.31. The molecule has 1 saturated carbocycles. The van der Waals surface area contributed by atoms with Gasteiger partial charge < -0.3 is 14.9 Å². The molecule has 1 aromatic heterocycles. The van der Waals surface area contributed by atoms with E-state index in [0.717, 1.165) is 25.7 Å². The third kappa shape index (κ3) is 4.35. The number of rotatable bonds is 6. The van der Waals surface area contributed by atoms with Crippen LogP contribution in [0.1, 0.15) is 54.6 Å². The molecule has 0 aliphatic heterocycles. The molecule has 3 rings (SSSR count). The van der Waals surface area contributed by atoms with E-state index in [9.17, 15) is 14.0 Å². The highest BCUT2D eigenvalue weighted by molar-refractivity contribution is 6.33. The molecule has 1 fully saturated rings. The Morgan fingerprint density at radius 1 is 1.36 bits per heavy atom. The SMILES string of the molecule is Cc1onc(-c2c(F)cccc2Cl)c1C(=O)NC1CCCCC1CCC(=O)O. The van der Waals surface area contributed by atoms with Gasteiger partial charge >= 0.3 is 5.97 Å². The normalized spacial score (nSPS) is 19.4. The quantitative estimate of drug-likeness (QED) is 0.728. The van der Waals surface area contributed by atoms with Crippen LogP contribution < -0.4 is 5.32 Å². The summed E-state index contributed by atoms with van der Waals surface area (Å²) >= 11 is 6.13. The van der Waals surface area contributed by atoms with Crippen molar-refractivity contribution in [3.63, 3.8) is 0 Å². The summed E-state index contributed by atoms with van der Waals surface area (Å²) in [6.07, 6.45) is 4.19. The first kappa shape index (κ1) is 20.3. The minimum Gasteiger partial charge on any atom is -0.481 e. The minimum absolute atomic E-state index is 0.0252. The second kappa shape index (κ2) is 8.73. The van der Waals surface area contributed by atoms with Gasteiger partial charge in [0.1, 0.15) is 22.8 Å². The second-order valence-corrected chi connectivity index (χ2v) is 7.52. The molecule has 2 atom stereocenters. The Hall–Kier alpha value is -2.41. The number of carboxylic acid groups (broad SMARTS) is 1. The van der Waals surface area contributed by atoms with Crippen molar-refractivity contribution in [3.05, 3.63) is 40.4 Å². The van der Waals surface area contributed by atoms with Crippen molar-refractivity contribution in [2.45, 2.75) is 51.5 Å². The molecule has 28 heavy (non-hydrogen) atoms. The number of carboxylic acids is 1. The molecule has 1 amide bonds. The van der Waals surface area contributed by atoms with Crippen LogP contribution >= 0.6 is 11.6 Å². The third-order valence-electron chi connectivity index (χ3n) is 5.24. The lowest BCUT2D eigenvalue weighted by molar-refractivity contribution is -0.137. The maximum Gasteiger partial charge on any atom is 0.303 e. The highest BCUT2D eigenvalue weighted by atomic mass is 35.5. The van der Waals surface area contributed by atoms with E-state index in [1.807, 2.05) is 0 Å². The van der Waals surface area contributed by atoms with Crippen LogP contribution in [0.3, 0.4) is 0 Å². The number of nitrogens with one attached hydrogen (secondary N) is 1. The standard InChI is InChI=1S/C20H22ClFN2O4/c1-11-17(19(24-28-11)18-13(21)6-4-7-14(18)22)20(27)23-15-8-3-2-5-12(15)9-10-16(25)26/h4,6-7,12,15H,2-3,5,8-10H2,1H3,(H,23,27)(H,25,26). The summed E-state index contributed by atoms with van der Waals surface area (Å²) in [4.78, 5) is 23.9. The van der Waals surface area contributed by atoms with Crippen molar-refractivity contribution in [2.24, 2.45) is 5.92 Å². The number of amides is 1. The van der Waals surface area contributed by atoms with E-state index in [-0.39, 0.29) is 46.0 Å². The van der Waals surface area contributed by atoms with Crippen molar-refractivity contribution < 1.29 is 23.6 Å². The topological polar surface area (TPSA) is 92.4 Å². The molecule has 6 nitrogen and oxygen atoms in total. The average molecular weight is 409 g/mol. The second-order valence-electron chi connectivity index (χ2n) is 7.12. The van der Waals surface area contributed by atoms with Crippen molar-refractivity contribution in [1.29, 1.82) is 0 Å². The molecule has 1 heterocycles. The number of aromatic nitrogens is 1. The highest BCUT2D eigenvalue weighted by Crippen LogP contribution is 2.34. The lowest BCUT2D eigenvalue weighted by Gasteiger charge is -2.32. The van der Waals surface area contributed by atoms with Crippen LogP contribution in [-0.2, 0) is 4.79 Å². The summed E-state index contributed by atoms with van der Waals surface area (Å²) in [6, 6.07) is 4.10. The zero-order valence-electron chi connectivity index (χ0n) is 15.5. The van der Waals surface area contributed by atoms with E-state index in [2.05, 4.69) is 10.5 Å². The largest absolute Gasteiger partial charge is 0.481 e. The van der Waals surface area contributed by atoms with E-state index in [4.69, 9.17) is 21.2 Å². The average Bonchev–Trinajstić information content (AvgIpc) is 3.02. The first-order valence-corrected chi connectivity index (χ1v) is 9.69. The van der Waals surface area contributed by atoms with Gasteiger partial charge in [-0.1, -0.05) is 35.7 Å². The Bertz CT molecular complexity index is 863. The van der Waals surface area contributed by atoms with E-state index >= 15 is 0 Å². The Kier molecular flexibility index (Phi) is 6.34. The summed E-state index contributed by atoms with van der Waals surface area (Å²) in [6.45, 7) is 1.59. The summed E-state index contributed by atoms with van der Waals surface area (Å²) in [5.74, 6) is -1.49. The maximum absolute atomic E-state index is 14.3. The number of hydrogen-bond donors (Lipinski definition) is 2. The van der Waals surface area contributed by atoms with E-state index < -0.39 is 17.7 Å². The van der Waals surface area contributed by atoms with Crippen LogP contribution in [0, 0.1) is 18.7 Å². The van der Waals surface area contributed by atoms with Gasteiger partial charge in [-0.05, 0) is 44.2 Å². The number of carbonyl (C=O) groups is 2. The number of nitrogens with zero attached hydrogens (tertiary/aromatic N) is 1. The first-order chi connectivity index (χ1) is 13.4.